The molecule has 2 aromatic rings. The van der Waals surface area contributed by atoms with E-state index in [1.807, 2.05) is 0 Å². The SMILES string of the molecule is Cc1ccccc1Cc1nc(CCCN)cs1. The smallest absolute Gasteiger partial charge is 0.0972 e. The quantitative estimate of drug-likeness (QED) is 0.881. The number of rotatable bonds is 5. The molecule has 0 fully saturated rings. The van der Waals surface area contributed by atoms with Crippen molar-refractivity contribution in [3.05, 3.63) is 51.5 Å². The highest BCUT2D eigenvalue weighted by atomic mass is 32.1. The Labute approximate surface area is 107 Å². The minimum Gasteiger partial charge on any atom is -0.330 e. The molecule has 0 unspecified atom stereocenters. The highest BCUT2D eigenvalue weighted by Gasteiger charge is 2.04. The maximum Gasteiger partial charge on any atom is 0.0972 e. The summed E-state index contributed by atoms with van der Waals surface area (Å²) in [7, 11) is 0. The van der Waals surface area contributed by atoms with Crippen molar-refractivity contribution in [2.45, 2.75) is 26.2 Å². The van der Waals surface area contributed by atoms with Crippen LogP contribution in [0.15, 0.2) is 29.6 Å². The van der Waals surface area contributed by atoms with Crippen LogP contribution in [0.4, 0.5) is 0 Å². The lowest BCUT2D eigenvalue weighted by Crippen LogP contribution is -2.00. The van der Waals surface area contributed by atoms with E-state index in [1.165, 1.54) is 21.8 Å². The lowest BCUT2D eigenvalue weighted by molar-refractivity contribution is 0.812. The molecule has 2 nitrogen and oxygen atoms in total. The van der Waals surface area contributed by atoms with Crippen molar-refractivity contribution < 1.29 is 0 Å². The van der Waals surface area contributed by atoms with Crippen LogP contribution < -0.4 is 5.73 Å². The molecule has 0 bridgehead atoms. The predicted molar refractivity (Wildman–Crippen MR) is 73.5 cm³/mol. The van der Waals surface area contributed by atoms with E-state index in [0.717, 1.165) is 25.8 Å². The molecule has 0 aliphatic carbocycles. The monoisotopic (exact) mass is 246 g/mol. The van der Waals surface area contributed by atoms with Gasteiger partial charge in [0.1, 0.15) is 0 Å². The number of benzene rings is 1. The molecular weight excluding hydrogens is 228 g/mol. The Morgan fingerprint density at radius 3 is 2.88 bits per heavy atom. The largest absolute Gasteiger partial charge is 0.330 e. The van der Waals surface area contributed by atoms with Crippen LogP contribution in [-0.4, -0.2) is 11.5 Å². The van der Waals surface area contributed by atoms with E-state index in [-0.39, 0.29) is 0 Å². The van der Waals surface area contributed by atoms with Gasteiger partial charge >= 0.3 is 0 Å². The van der Waals surface area contributed by atoms with Gasteiger partial charge in [0.2, 0.25) is 0 Å². The minimum absolute atomic E-state index is 0.741. The average Bonchev–Trinajstić information content (AvgIpc) is 2.77. The normalized spacial score (nSPS) is 10.7. The topological polar surface area (TPSA) is 38.9 Å². The Balaban J connectivity index is 2.04. The first-order chi connectivity index (χ1) is 8.29. The van der Waals surface area contributed by atoms with E-state index in [1.54, 1.807) is 11.3 Å². The van der Waals surface area contributed by atoms with Gasteiger partial charge in [-0.3, -0.25) is 0 Å². The van der Waals surface area contributed by atoms with Crippen LogP contribution >= 0.6 is 11.3 Å². The fraction of sp³-hybridized carbons (Fsp3) is 0.357. The van der Waals surface area contributed by atoms with E-state index < -0.39 is 0 Å². The lowest BCUT2D eigenvalue weighted by Gasteiger charge is -2.02. The van der Waals surface area contributed by atoms with Crippen LogP contribution in [0, 0.1) is 6.92 Å². The molecule has 90 valence electrons. The fourth-order valence-electron chi connectivity index (χ4n) is 1.80. The Morgan fingerprint density at radius 1 is 1.29 bits per heavy atom. The number of aromatic nitrogens is 1. The van der Waals surface area contributed by atoms with Crippen molar-refractivity contribution in [1.29, 1.82) is 0 Å². The summed E-state index contributed by atoms with van der Waals surface area (Å²) in [5, 5.41) is 3.36. The zero-order valence-corrected chi connectivity index (χ0v) is 11.0. The van der Waals surface area contributed by atoms with Gasteiger partial charge in [-0.25, -0.2) is 4.98 Å². The Morgan fingerprint density at radius 2 is 2.12 bits per heavy atom. The molecule has 0 atom stereocenters. The van der Waals surface area contributed by atoms with Gasteiger partial charge in [-0.05, 0) is 37.4 Å². The van der Waals surface area contributed by atoms with Crippen LogP contribution in [0.5, 0.6) is 0 Å². The molecule has 1 aromatic carbocycles. The molecule has 1 heterocycles. The second kappa shape index (κ2) is 5.94. The third-order valence-electron chi connectivity index (χ3n) is 2.84. The molecule has 17 heavy (non-hydrogen) atoms. The molecular formula is C14H18N2S. The summed E-state index contributed by atoms with van der Waals surface area (Å²) in [4.78, 5) is 4.65. The van der Waals surface area contributed by atoms with Crippen LogP contribution in [0.2, 0.25) is 0 Å². The third kappa shape index (κ3) is 3.38. The molecule has 2 rings (SSSR count). The number of nitrogens with zero attached hydrogens (tertiary/aromatic N) is 1. The van der Waals surface area contributed by atoms with E-state index in [9.17, 15) is 0 Å². The van der Waals surface area contributed by atoms with Gasteiger partial charge in [0.25, 0.3) is 0 Å². The van der Waals surface area contributed by atoms with Gasteiger partial charge in [0, 0.05) is 11.8 Å². The van der Waals surface area contributed by atoms with Gasteiger partial charge in [0.15, 0.2) is 0 Å². The minimum atomic E-state index is 0.741. The maximum atomic E-state index is 5.50. The summed E-state index contributed by atoms with van der Waals surface area (Å²) in [5.74, 6) is 0. The molecule has 0 aliphatic rings. The molecule has 0 amide bonds. The van der Waals surface area contributed by atoms with Crippen molar-refractivity contribution >= 4 is 11.3 Å². The Bertz CT molecular complexity index is 477. The lowest BCUT2D eigenvalue weighted by atomic mass is 10.1. The first kappa shape index (κ1) is 12.3. The summed E-state index contributed by atoms with van der Waals surface area (Å²) < 4.78 is 0. The third-order valence-corrected chi connectivity index (χ3v) is 3.74. The fourth-order valence-corrected chi connectivity index (χ4v) is 2.65. The van der Waals surface area contributed by atoms with Crippen molar-refractivity contribution in [2.24, 2.45) is 5.73 Å². The first-order valence-corrected chi connectivity index (χ1v) is 6.85. The maximum absolute atomic E-state index is 5.50. The van der Waals surface area contributed by atoms with Crippen LogP contribution in [0.25, 0.3) is 0 Å². The zero-order valence-electron chi connectivity index (χ0n) is 10.1. The van der Waals surface area contributed by atoms with Crippen LogP contribution in [0.1, 0.15) is 28.2 Å². The second-order valence-electron chi connectivity index (χ2n) is 4.23. The van der Waals surface area contributed by atoms with Crippen molar-refractivity contribution in [2.75, 3.05) is 6.54 Å². The molecule has 0 saturated carbocycles. The van der Waals surface area contributed by atoms with Crippen molar-refractivity contribution in [3.63, 3.8) is 0 Å². The Hall–Kier alpha value is -1.19. The first-order valence-electron chi connectivity index (χ1n) is 5.97. The highest BCUT2D eigenvalue weighted by Crippen LogP contribution is 2.17. The van der Waals surface area contributed by atoms with E-state index in [0.29, 0.717) is 0 Å². The number of nitrogens with two attached hydrogens (primary N) is 1. The summed E-state index contributed by atoms with van der Waals surface area (Å²) in [6.45, 7) is 2.89. The molecule has 1 aromatic heterocycles. The van der Waals surface area contributed by atoms with Crippen molar-refractivity contribution in [1.82, 2.24) is 4.98 Å². The van der Waals surface area contributed by atoms with Gasteiger partial charge in [-0.15, -0.1) is 11.3 Å². The highest BCUT2D eigenvalue weighted by molar-refractivity contribution is 7.09. The number of aryl methyl sites for hydroxylation is 2. The van der Waals surface area contributed by atoms with Gasteiger partial charge in [-0.1, -0.05) is 24.3 Å². The van der Waals surface area contributed by atoms with Crippen molar-refractivity contribution in [3.8, 4) is 0 Å². The van der Waals surface area contributed by atoms with Gasteiger partial charge in [-0.2, -0.15) is 0 Å². The summed E-state index contributed by atoms with van der Waals surface area (Å²) in [6, 6.07) is 8.49. The second-order valence-corrected chi connectivity index (χ2v) is 5.17. The molecule has 0 spiro atoms. The van der Waals surface area contributed by atoms with E-state index in [4.69, 9.17) is 5.73 Å². The number of thiazole rings is 1. The summed E-state index contributed by atoms with van der Waals surface area (Å²) >= 11 is 1.75. The summed E-state index contributed by atoms with van der Waals surface area (Å²) in [5.41, 5.74) is 9.39. The molecule has 0 aliphatic heterocycles. The van der Waals surface area contributed by atoms with Crippen LogP contribution in [-0.2, 0) is 12.8 Å². The van der Waals surface area contributed by atoms with E-state index >= 15 is 0 Å². The van der Waals surface area contributed by atoms with Gasteiger partial charge in [0.05, 0.1) is 10.7 Å². The average molecular weight is 246 g/mol. The molecule has 2 N–H and O–H groups in total. The number of hydrogen-bond acceptors (Lipinski definition) is 3. The zero-order chi connectivity index (χ0) is 12.1. The molecule has 3 heteroatoms. The summed E-state index contributed by atoms with van der Waals surface area (Å²) in [6.07, 6.45) is 2.97. The van der Waals surface area contributed by atoms with E-state index in [2.05, 4.69) is 41.6 Å². The molecule has 0 saturated heterocycles. The predicted octanol–water partition coefficient (Wildman–Crippen LogP) is 2.93. The standard InChI is InChI=1S/C14H18N2S/c1-11-5-2-3-6-12(11)9-14-16-13(10-17-14)7-4-8-15/h2-3,5-6,10H,4,7-9,15H2,1H3. The van der Waals surface area contributed by atoms with Gasteiger partial charge < -0.3 is 5.73 Å². The number of hydrogen-bond donors (Lipinski definition) is 1. The molecule has 0 radical (unpaired) electrons. The van der Waals surface area contributed by atoms with Crippen LogP contribution in [0.3, 0.4) is 0 Å². The Kier molecular flexibility index (Phi) is 4.29.